The summed E-state index contributed by atoms with van der Waals surface area (Å²) in [5.41, 5.74) is 5.65. The number of methoxy groups -OCH3 is 1. The van der Waals surface area contributed by atoms with Gasteiger partial charge >= 0.3 is 5.97 Å². The molecule has 0 fully saturated rings. The molecular formula is C10H15NO2S. The maximum absolute atomic E-state index is 11.1. The molecule has 2 N–H and O–H groups in total. The lowest BCUT2D eigenvalue weighted by atomic mass is 10.2. The zero-order valence-corrected chi connectivity index (χ0v) is 9.26. The molecule has 0 saturated heterocycles. The van der Waals surface area contributed by atoms with Crippen molar-refractivity contribution in [1.82, 2.24) is 0 Å². The van der Waals surface area contributed by atoms with Crippen LogP contribution in [0.4, 0.5) is 0 Å². The van der Waals surface area contributed by atoms with Crippen molar-refractivity contribution in [1.29, 1.82) is 0 Å². The topological polar surface area (TPSA) is 52.3 Å². The van der Waals surface area contributed by atoms with E-state index in [4.69, 9.17) is 5.73 Å². The van der Waals surface area contributed by atoms with Crippen LogP contribution in [0.15, 0.2) is 12.1 Å². The zero-order chi connectivity index (χ0) is 10.6. The van der Waals surface area contributed by atoms with Gasteiger partial charge in [0.25, 0.3) is 0 Å². The van der Waals surface area contributed by atoms with E-state index in [0.29, 0.717) is 4.88 Å². The van der Waals surface area contributed by atoms with E-state index in [1.807, 2.05) is 13.0 Å². The van der Waals surface area contributed by atoms with Crippen LogP contribution in [-0.2, 0) is 11.2 Å². The quantitative estimate of drug-likeness (QED) is 0.776. The fourth-order valence-corrected chi connectivity index (χ4v) is 2.03. The molecule has 0 aromatic carbocycles. The van der Waals surface area contributed by atoms with Crippen LogP contribution in [0.5, 0.6) is 0 Å². The van der Waals surface area contributed by atoms with Gasteiger partial charge in [-0.25, -0.2) is 4.79 Å². The van der Waals surface area contributed by atoms with Crippen LogP contribution in [0.2, 0.25) is 0 Å². The minimum atomic E-state index is -0.262. The van der Waals surface area contributed by atoms with Crippen LogP contribution in [-0.4, -0.2) is 19.1 Å². The number of thiophene rings is 1. The molecule has 0 unspecified atom stereocenters. The Morgan fingerprint density at radius 2 is 2.36 bits per heavy atom. The van der Waals surface area contributed by atoms with Gasteiger partial charge in [-0.15, -0.1) is 11.3 Å². The summed E-state index contributed by atoms with van der Waals surface area (Å²) in [6.45, 7) is 1.98. The van der Waals surface area contributed by atoms with E-state index >= 15 is 0 Å². The molecule has 1 aromatic heterocycles. The minimum Gasteiger partial charge on any atom is -0.465 e. The highest BCUT2D eigenvalue weighted by molar-refractivity contribution is 7.13. The number of carbonyl (C=O) groups excluding carboxylic acids is 1. The summed E-state index contributed by atoms with van der Waals surface area (Å²) in [4.78, 5) is 13.0. The summed E-state index contributed by atoms with van der Waals surface area (Å²) in [7, 11) is 1.39. The number of nitrogens with two attached hydrogens (primary N) is 1. The van der Waals surface area contributed by atoms with Crippen molar-refractivity contribution in [3.8, 4) is 0 Å². The first-order chi connectivity index (χ1) is 6.63. The van der Waals surface area contributed by atoms with Crippen molar-refractivity contribution in [2.75, 3.05) is 7.11 Å². The largest absolute Gasteiger partial charge is 0.465 e. The van der Waals surface area contributed by atoms with Gasteiger partial charge in [-0.1, -0.05) is 0 Å². The Hall–Kier alpha value is -0.870. The number of carbonyl (C=O) groups is 1. The maximum atomic E-state index is 11.1. The molecule has 0 aliphatic carbocycles. The molecule has 0 radical (unpaired) electrons. The smallest absolute Gasteiger partial charge is 0.348 e. The lowest BCUT2D eigenvalue weighted by Crippen LogP contribution is -2.14. The van der Waals surface area contributed by atoms with E-state index < -0.39 is 0 Å². The predicted molar refractivity (Wildman–Crippen MR) is 57.6 cm³/mol. The summed E-state index contributed by atoms with van der Waals surface area (Å²) in [5.74, 6) is -0.262. The van der Waals surface area contributed by atoms with Gasteiger partial charge in [0.05, 0.1) is 7.11 Å². The maximum Gasteiger partial charge on any atom is 0.348 e. The summed E-state index contributed by atoms with van der Waals surface area (Å²) in [6.07, 6.45) is 1.88. The first-order valence-corrected chi connectivity index (χ1v) is 5.37. The highest BCUT2D eigenvalue weighted by atomic mass is 32.1. The average Bonchev–Trinajstić information content (AvgIpc) is 2.62. The number of aryl methyl sites for hydroxylation is 1. The normalized spacial score (nSPS) is 12.5. The van der Waals surface area contributed by atoms with Crippen molar-refractivity contribution in [3.05, 3.63) is 21.9 Å². The van der Waals surface area contributed by atoms with Gasteiger partial charge in [0, 0.05) is 10.9 Å². The van der Waals surface area contributed by atoms with Gasteiger partial charge in [0.15, 0.2) is 0 Å². The van der Waals surface area contributed by atoms with Crippen LogP contribution < -0.4 is 5.73 Å². The van der Waals surface area contributed by atoms with E-state index in [1.165, 1.54) is 23.3 Å². The van der Waals surface area contributed by atoms with Crippen LogP contribution in [0.3, 0.4) is 0 Å². The molecule has 0 aliphatic rings. The average molecular weight is 213 g/mol. The molecule has 0 spiro atoms. The van der Waals surface area contributed by atoms with Crippen molar-refractivity contribution >= 4 is 17.3 Å². The van der Waals surface area contributed by atoms with E-state index in [1.54, 1.807) is 6.07 Å². The molecule has 1 aromatic rings. The lowest BCUT2D eigenvalue weighted by Gasteiger charge is -2.01. The molecule has 0 saturated carbocycles. The fraction of sp³-hybridized carbons (Fsp3) is 0.500. The summed E-state index contributed by atoms with van der Waals surface area (Å²) in [5, 5.41) is 0. The molecule has 0 bridgehead atoms. The summed E-state index contributed by atoms with van der Waals surface area (Å²) >= 11 is 1.48. The van der Waals surface area contributed by atoms with E-state index in [2.05, 4.69) is 4.74 Å². The summed E-state index contributed by atoms with van der Waals surface area (Å²) in [6, 6.07) is 3.96. The van der Waals surface area contributed by atoms with Crippen LogP contribution >= 0.6 is 11.3 Å². The third kappa shape index (κ3) is 3.12. The van der Waals surface area contributed by atoms with E-state index in [9.17, 15) is 4.79 Å². The zero-order valence-electron chi connectivity index (χ0n) is 8.45. The van der Waals surface area contributed by atoms with Crippen LogP contribution in [0.25, 0.3) is 0 Å². The van der Waals surface area contributed by atoms with Gasteiger partial charge in [0.1, 0.15) is 4.88 Å². The molecule has 1 rings (SSSR count). The van der Waals surface area contributed by atoms with E-state index in [0.717, 1.165) is 12.8 Å². The first-order valence-electron chi connectivity index (χ1n) is 4.56. The Bertz CT molecular complexity index is 307. The molecule has 14 heavy (non-hydrogen) atoms. The second-order valence-electron chi connectivity index (χ2n) is 3.27. The lowest BCUT2D eigenvalue weighted by molar-refractivity contribution is 0.0606. The standard InChI is InChI=1S/C10H15NO2S/c1-7(11)3-4-8-5-6-9(14-8)10(12)13-2/h5-7H,3-4,11H2,1-2H3/t7-/m0/s1. The van der Waals surface area contributed by atoms with Gasteiger partial charge in [-0.05, 0) is 31.9 Å². The van der Waals surface area contributed by atoms with Gasteiger partial charge < -0.3 is 10.5 Å². The number of ether oxygens (including phenoxy) is 1. The van der Waals surface area contributed by atoms with Crippen LogP contribution in [0, 0.1) is 0 Å². The molecule has 1 atom stereocenters. The Labute approximate surface area is 87.9 Å². The third-order valence-electron chi connectivity index (χ3n) is 1.89. The predicted octanol–water partition coefficient (Wildman–Crippen LogP) is 1.81. The molecular weight excluding hydrogens is 198 g/mol. The Kier molecular flexibility index (Phi) is 4.10. The van der Waals surface area contributed by atoms with Gasteiger partial charge in [-0.3, -0.25) is 0 Å². The summed E-state index contributed by atoms with van der Waals surface area (Å²) < 4.78 is 4.62. The molecule has 1 heterocycles. The van der Waals surface area contributed by atoms with Crippen LogP contribution in [0.1, 0.15) is 27.9 Å². The van der Waals surface area contributed by atoms with Crippen molar-refractivity contribution in [2.45, 2.75) is 25.8 Å². The molecule has 78 valence electrons. The third-order valence-corrected chi connectivity index (χ3v) is 3.02. The van der Waals surface area contributed by atoms with Crippen molar-refractivity contribution in [3.63, 3.8) is 0 Å². The van der Waals surface area contributed by atoms with Crippen molar-refractivity contribution < 1.29 is 9.53 Å². The minimum absolute atomic E-state index is 0.207. The molecule has 3 nitrogen and oxygen atoms in total. The molecule has 4 heteroatoms. The second kappa shape index (κ2) is 5.12. The van der Waals surface area contributed by atoms with E-state index in [-0.39, 0.29) is 12.0 Å². The second-order valence-corrected chi connectivity index (χ2v) is 4.44. The number of rotatable bonds is 4. The number of hydrogen-bond donors (Lipinski definition) is 1. The van der Waals surface area contributed by atoms with Crippen molar-refractivity contribution in [2.24, 2.45) is 5.73 Å². The monoisotopic (exact) mass is 213 g/mol. The highest BCUT2D eigenvalue weighted by Crippen LogP contribution is 2.19. The Balaban J connectivity index is 2.55. The number of esters is 1. The highest BCUT2D eigenvalue weighted by Gasteiger charge is 2.08. The first kappa shape index (κ1) is 11.2. The molecule has 0 aliphatic heterocycles. The van der Waals surface area contributed by atoms with Gasteiger partial charge in [-0.2, -0.15) is 0 Å². The number of hydrogen-bond acceptors (Lipinski definition) is 4. The Morgan fingerprint density at radius 3 is 2.93 bits per heavy atom. The Morgan fingerprint density at radius 1 is 1.64 bits per heavy atom. The van der Waals surface area contributed by atoms with Gasteiger partial charge in [0.2, 0.25) is 0 Å². The fourth-order valence-electron chi connectivity index (χ4n) is 1.09. The molecule has 0 amide bonds. The SMILES string of the molecule is COC(=O)c1ccc(CC[C@H](C)N)s1.